The number of hydrazine groups is 1. The predicted octanol–water partition coefficient (Wildman–Crippen LogP) is -1.26. The van der Waals surface area contributed by atoms with Gasteiger partial charge in [0.05, 0.1) is 18.0 Å². The zero-order valence-electron chi connectivity index (χ0n) is 11.1. The van der Waals surface area contributed by atoms with E-state index >= 15 is 0 Å². The summed E-state index contributed by atoms with van der Waals surface area (Å²) in [5.41, 5.74) is 1.25. The Morgan fingerprint density at radius 1 is 1.44 bits per heavy atom. The van der Waals surface area contributed by atoms with E-state index in [9.17, 15) is 14.4 Å². The molecule has 1 saturated heterocycles. The lowest BCUT2D eigenvalue weighted by molar-refractivity contribution is -0.149. The van der Waals surface area contributed by atoms with Gasteiger partial charge in [0.1, 0.15) is 0 Å². The van der Waals surface area contributed by atoms with Gasteiger partial charge in [-0.3, -0.25) is 30.0 Å². The Kier molecular flexibility index (Phi) is 4.08. The normalized spacial score (nSPS) is 23.2. The fraction of sp³-hybridized carbons (Fsp3) is 0.727. The minimum atomic E-state index is -0.837. The Morgan fingerprint density at radius 2 is 2.00 bits per heavy atom. The number of piperazine rings is 1. The maximum absolute atomic E-state index is 11.8. The van der Waals surface area contributed by atoms with E-state index in [1.165, 1.54) is 0 Å². The lowest BCUT2D eigenvalue weighted by Gasteiger charge is -2.45. The molecule has 0 aliphatic carbocycles. The van der Waals surface area contributed by atoms with Gasteiger partial charge in [0.15, 0.2) is 0 Å². The van der Waals surface area contributed by atoms with Gasteiger partial charge in [0.2, 0.25) is 17.7 Å². The molecule has 1 rings (SSSR count). The molecule has 0 aromatic carbocycles. The highest BCUT2D eigenvalue weighted by Gasteiger charge is 2.44. The smallest absolute Gasteiger partial charge is 0.246 e. The van der Waals surface area contributed by atoms with Crippen LogP contribution in [0.3, 0.4) is 0 Å². The molecule has 7 heteroatoms. The average Bonchev–Trinajstić information content (AvgIpc) is 2.31. The third-order valence-electron chi connectivity index (χ3n) is 3.61. The molecule has 0 aromatic heterocycles. The monoisotopic (exact) mass is 256 g/mol. The third-order valence-corrected chi connectivity index (χ3v) is 3.61. The van der Waals surface area contributed by atoms with Gasteiger partial charge in [-0.25, -0.2) is 5.84 Å². The molecular formula is C11H20N4O3. The molecule has 0 saturated carbocycles. The van der Waals surface area contributed by atoms with Crippen LogP contribution in [0.15, 0.2) is 0 Å². The van der Waals surface area contributed by atoms with Crippen LogP contribution in [0.5, 0.6) is 0 Å². The van der Waals surface area contributed by atoms with Gasteiger partial charge in [-0.1, -0.05) is 6.92 Å². The number of imide groups is 1. The molecule has 7 nitrogen and oxygen atoms in total. The molecule has 2 atom stereocenters. The summed E-state index contributed by atoms with van der Waals surface area (Å²) < 4.78 is 0. The number of carbonyl (C=O) groups is 3. The first kappa shape index (κ1) is 14.6. The van der Waals surface area contributed by atoms with E-state index in [1.54, 1.807) is 32.6 Å². The fourth-order valence-electron chi connectivity index (χ4n) is 2.08. The van der Waals surface area contributed by atoms with E-state index in [2.05, 4.69) is 10.7 Å². The zero-order chi connectivity index (χ0) is 14.1. The number of nitrogens with one attached hydrogen (secondary N) is 2. The van der Waals surface area contributed by atoms with Crippen molar-refractivity contribution >= 4 is 17.7 Å². The summed E-state index contributed by atoms with van der Waals surface area (Å²) in [4.78, 5) is 36.5. The molecule has 4 N–H and O–H groups in total. The molecule has 102 valence electrons. The van der Waals surface area contributed by atoms with Crippen molar-refractivity contribution in [1.82, 2.24) is 15.6 Å². The lowest BCUT2D eigenvalue weighted by Crippen LogP contribution is -2.67. The van der Waals surface area contributed by atoms with Crippen LogP contribution in [-0.2, 0) is 14.4 Å². The van der Waals surface area contributed by atoms with Gasteiger partial charge in [-0.2, -0.15) is 0 Å². The largest absolute Gasteiger partial charge is 0.294 e. The van der Waals surface area contributed by atoms with Crippen molar-refractivity contribution in [2.24, 2.45) is 11.8 Å². The van der Waals surface area contributed by atoms with Crippen LogP contribution in [0.2, 0.25) is 0 Å². The summed E-state index contributed by atoms with van der Waals surface area (Å²) in [6, 6.07) is -0.279. The van der Waals surface area contributed by atoms with Crippen LogP contribution in [-0.4, -0.2) is 40.7 Å². The maximum atomic E-state index is 11.8. The first-order valence-corrected chi connectivity index (χ1v) is 5.83. The first-order chi connectivity index (χ1) is 8.21. The molecule has 1 fully saturated rings. The van der Waals surface area contributed by atoms with E-state index in [4.69, 9.17) is 5.84 Å². The molecule has 18 heavy (non-hydrogen) atoms. The van der Waals surface area contributed by atoms with E-state index in [1.807, 2.05) is 0 Å². The molecule has 0 spiro atoms. The standard InChI is InChI=1S/C11H20N4O3/c1-6(9(17)14-12)7(2)15-5-8(16)13-10(18)11(15,3)4/h6-7H,5,12H2,1-4H3,(H,14,17)(H,13,16,18). The van der Waals surface area contributed by atoms with Crippen LogP contribution in [0, 0.1) is 5.92 Å². The minimum Gasteiger partial charge on any atom is -0.294 e. The fourth-order valence-corrected chi connectivity index (χ4v) is 2.08. The number of amides is 3. The first-order valence-electron chi connectivity index (χ1n) is 5.83. The quantitative estimate of drug-likeness (QED) is 0.253. The van der Waals surface area contributed by atoms with Crippen molar-refractivity contribution in [2.75, 3.05) is 6.54 Å². The summed E-state index contributed by atoms with van der Waals surface area (Å²) in [5, 5.41) is 2.29. The second-order valence-electron chi connectivity index (χ2n) is 5.10. The van der Waals surface area contributed by atoms with Crippen LogP contribution in [0.1, 0.15) is 27.7 Å². The Morgan fingerprint density at radius 3 is 2.50 bits per heavy atom. The van der Waals surface area contributed by atoms with E-state index in [0.29, 0.717) is 0 Å². The SMILES string of the molecule is CC(C(=O)NN)C(C)N1CC(=O)NC(=O)C1(C)C. The van der Waals surface area contributed by atoms with E-state index < -0.39 is 11.5 Å². The van der Waals surface area contributed by atoms with Gasteiger partial charge < -0.3 is 0 Å². The minimum absolute atomic E-state index is 0.0854. The van der Waals surface area contributed by atoms with Crippen molar-refractivity contribution in [3.05, 3.63) is 0 Å². The van der Waals surface area contributed by atoms with Crippen molar-refractivity contribution in [3.63, 3.8) is 0 Å². The molecule has 0 radical (unpaired) electrons. The van der Waals surface area contributed by atoms with Gasteiger partial charge >= 0.3 is 0 Å². The molecule has 1 aliphatic rings. The molecule has 3 amide bonds. The molecule has 1 aliphatic heterocycles. The molecular weight excluding hydrogens is 236 g/mol. The summed E-state index contributed by atoms with van der Waals surface area (Å²) >= 11 is 0. The second-order valence-corrected chi connectivity index (χ2v) is 5.10. The van der Waals surface area contributed by atoms with E-state index in [0.717, 1.165) is 0 Å². The van der Waals surface area contributed by atoms with Gasteiger partial charge in [-0.15, -0.1) is 0 Å². The Labute approximate surface area is 106 Å². The van der Waals surface area contributed by atoms with Crippen molar-refractivity contribution in [3.8, 4) is 0 Å². The van der Waals surface area contributed by atoms with Crippen LogP contribution in [0.4, 0.5) is 0 Å². The lowest BCUT2D eigenvalue weighted by atomic mass is 9.91. The third kappa shape index (κ3) is 2.51. The summed E-state index contributed by atoms with van der Waals surface area (Å²) in [6.45, 7) is 7.03. The number of hydrogen-bond donors (Lipinski definition) is 3. The number of hydrogen-bond acceptors (Lipinski definition) is 5. The highest BCUT2D eigenvalue weighted by Crippen LogP contribution is 2.24. The number of nitrogens with zero attached hydrogens (tertiary/aromatic N) is 1. The van der Waals surface area contributed by atoms with Crippen LogP contribution in [0.25, 0.3) is 0 Å². The topological polar surface area (TPSA) is 105 Å². The summed E-state index contributed by atoms with van der Waals surface area (Å²) in [5.74, 6) is 3.64. The number of rotatable bonds is 3. The van der Waals surface area contributed by atoms with Gasteiger partial charge in [0, 0.05) is 6.04 Å². The summed E-state index contributed by atoms with van der Waals surface area (Å²) in [6.07, 6.45) is 0. The Balaban J connectivity index is 2.95. The number of carbonyl (C=O) groups excluding carboxylic acids is 3. The molecule has 0 aromatic rings. The van der Waals surface area contributed by atoms with Gasteiger partial charge in [-0.05, 0) is 20.8 Å². The zero-order valence-corrected chi connectivity index (χ0v) is 11.1. The second kappa shape index (κ2) is 5.03. The van der Waals surface area contributed by atoms with Crippen LogP contribution < -0.4 is 16.6 Å². The predicted molar refractivity (Wildman–Crippen MR) is 64.9 cm³/mol. The summed E-state index contributed by atoms with van der Waals surface area (Å²) in [7, 11) is 0. The molecule has 1 heterocycles. The molecule has 0 bridgehead atoms. The maximum Gasteiger partial charge on any atom is 0.246 e. The highest BCUT2D eigenvalue weighted by molar-refractivity contribution is 6.03. The Hall–Kier alpha value is -1.47. The molecule has 2 unspecified atom stereocenters. The Bertz CT molecular complexity index is 380. The van der Waals surface area contributed by atoms with Crippen LogP contribution >= 0.6 is 0 Å². The van der Waals surface area contributed by atoms with Crippen molar-refractivity contribution in [1.29, 1.82) is 0 Å². The van der Waals surface area contributed by atoms with Crippen molar-refractivity contribution in [2.45, 2.75) is 39.3 Å². The average molecular weight is 256 g/mol. The number of nitrogens with two attached hydrogens (primary N) is 1. The van der Waals surface area contributed by atoms with E-state index in [-0.39, 0.29) is 30.3 Å². The highest BCUT2D eigenvalue weighted by atomic mass is 16.2. The van der Waals surface area contributed by atoms with Crippen molar-refractivity contribution < 1.29 is 14.4 Å². The van der Waals surface area contributed by atoms with Gasteiger partial charge in [0.25, 0.3) is 0 Å².